The van der Waals surface area contributed by atoms with Crippen LogP contribution in [0.15, 0.2) is 18.2 Å². The molecule has 0 fully saturated rings. The molecule has 4 nitrogen and oxygen atoms in total. The third-order valence-electron chi connectivity index (χ3n) is 2.63. The summed E-state index contributed by atoms with van der Waals surface area (Å²) < 4.78 is 26.6. The van der Waals surface area contributed by atoms with E-state index in [2.05, 4.69) is 0 Å². The number of rotatable bonds is 2. The molecular formula is C10H13ClN2O2S. The van der Waals surface area contributed by atoms with Crippen molar-refractivity contribution in [2.75, 3.05) is 24.9 Å². The molecule has 6 heteroatoms. The van der Waals surface area contributed by atoms with Gasteiger partial charge in [0.25, 0.3) is 0 Å². The highest BCUT2D eigenvalue weighted by atomic mass is 35.5. The third-order valence-corrected chi connectivity index (χ3v) is 4.73. The van der Waals surface area contributed by atoms with Crippen molar-refractivity contribution in [1.29, 1.82) is 0 Å². The molecule has 0 saturated carbocycles. The Bertz CT molecular complexity index is 514. The van der Waals surface area contributed by atoms with Crippen LogP contribution in [0.4, 0.5) is 5.69 Å². The summed E-state index contributed by atoms with van der Waals surface area (Å²) in [6.45, 7) is 0.482. The number of anilines is 1. The maximum atomic E-state index is 12.0. The van der Waals surface area contributed by atoms with Gasteiger partial charge in [-0.3, -0.25) is 4.31 Å². The van der Waals surface area contributed by atoms with E-state index in [0.29, 0.717) is 18.0 Å². The van der Waals surface area contributed by atoms with Gasteiger partial charge in [-0.15, -0.1) is 0 Å². The summed E-state index contributed by atoms with van der Waals surface area (Å²) in [5.74, 6) is 0. The van der Waals surface area contributed by atoms with E-state index in [1.54, 1.807) is 12.1 Å². The van der Waals surface area contributed by atoms with E-state index in [4.69, 9.17) is 11.6 Å². The van der Waals surface area contributed by atoms with Crippen LogP contribution < -0.4 is 4.31 Å². The summed E-state index contributed by atoms with van der Waals surface area (Å²) in [4.78, 5) is 0. The van der Waals surface area contributed by atoms with Gasteiger partial charge in [0.05, 0.1) is 5.69 Å². The van der Waals surface area contributed by atoms with E-state index < -0.39 is 10.2 Å². The first kappa shape index (κ1) is 11.7. The van der Waals surface area contributed by atoms with Gasteiger partial charge in [0.2, 0.25) is 0 Å². The normalized spacial score (nSPS) is 15.6. The number of hydrogen-bond donors (Lipinski definition) is 0. The maximum absolute atomic E-state index is 12.0. The average Bonchev–Trinajstić information content (AvgIpc) is 2.60. The van der Waals surface area contributed by atoms with Crippen LogP contribution in [0.3, 0.4) is 0 Å². The molecular weight excluding hydrogens is 248 g/mol. The smallest absolute Gasteiger partial charge is 0.257 e. The van der Waals surface area contributed by atoms with Crippen molar-refractivity contribution in [2.45, 2.75) is 6.42 Å². The summed E-state index contributed by atoms with van der Waals surface area (Å²) in [6, 6.07) is 5.29. The molecule has 0 saturated heterocycles. The SMILES string of the molecule is CN(C)S(=O)(=O)N1CCc2cc(Cl)ccc21. The summed E-state index contributed by atoms with van der Waals surface area (Å²) in [6.07, 6.45) is 0.711. The van der Waals surface area contributed by atoms with Gasteiger partial charge in [0.1, 0.15) is 0 Å². The van der Waals surface area contributed by atoms with Crippen LogP contribution in [0, 0.1) is 0 Å². The second-order valence-corrected chi connectivity index (χ2v) is 6.39. The zero-order valence-corrected chi connectivity index (χ0v) is 10.7. The quantitative estimate of drug-likeness (QED) is 0.809. The Morgan fingerprint density at radius 3 is 2.69 bits per heavy atom. The van der Waals surface area contributed by atoms with E-state index in [-0.39, 0.29) is 0 Å². The predicted octanol–water partition coefficient (Wildman–Crippen LogP) is 1.51. The molecule has 0 aromatic heterocycles. The van der Waals surface area contributed by atoms with Crippen molar-refractivity contribution in [3.63, 3.8) is 0 Å². The molecule has 1 aliphatic rings. The first-order valence-corrected chi connectivity index (χ1v) is 6.69. The van der Waals surface area contributed by atoms with Crippen molar-refractivity contribution in [2.24, 2.45) is 0 Å². The van der Waals surface area contributed by atoms with Crippen LogP contribution >= 0.6 is 11.6 Å². The first-order chi connectivity index (χ1) is 7.43. The fraction of sp³-hybridized carbons (Fsp3) is 0.400. The lowest BCUT2D eigenvalue weighted by Crippen LogP contribution is -2.38. The minimum atomic E-state index is -3.38. The Labute approximate surface area is 101 Å². The van der Waals surface area contributed by atoms with Crippen LogP contribution in [0.5, 0.6) is 0 Å². The van der Waals surface area contributed by atoms with Gasteiger partial charge in [-0.25, -0.2) is 0 Å². The first-order valence-electron chi connectivity index (χ1n) is 4.91. The lowest BCUT2D eigenvalue weighted by molar-refractivity contribution is 0.517. The molecule has 0 radical (unpaired) electrons. The van der Waals surface area contributed by atoms with Gasteiger partial charge >= 0.3 is 10.2 Å². The van der Waals surface area contributed by atoms with Crippen molar-refractivity contribution in [1.82, 2.24) is 4.31 Å². The molecule has 2 rings (SSSR count). The lowest BCUT2D eigenvalue weighted by Gasteiger charge is -2.23. The van der Waals surface area contributed by atoms with Crippen LogP contribution in [0.2, 0.25) is 5.02 Å². The Morgan fingerprint density at radius 2 is 2.06 bits per heavy atom. The Hall–Kier alpha value is -0.780. The zero-order chi connectivity index (χ0) is 11.9. The molecule has 16 heavy (non-hydrogen) atoms. The molecule has 88 valence electrons. The van der Waals surface area contributed by atoms with Gasteiger partial charge in [0, 0.05) is 25.7 Å². The highest BCUT2D eigenvalue weighted by molar-refractivity contribution is 7.90. The number of fused-ring (bicyclic) bond motifs is 1. The summed E-state index contributed by atoms with van der Waals surface area (Å²) in [7, 11) is -0.317. The average molecular weight is 261 g/mol. The highest BCUT2D eigenvalue weighted by Gasteiger charge is 2.30. The third kappa shape index (κ3) is 1.79. The Morgan fingerprint density at radius 1 is 1.38 bits per heavy atom. The van der Waals surface area contributed by atoms with Crippen LogP contribution in [-0.2, 0) is 16.6 Å². The zero-order valence-electron chi connectivity index (χ0n) is 9.14. The van der Waals surface area contributed by atoms with E-state index in [1.165, 1.54) is 22.7 Å². The van der Waals surface area contributed by atoms with E-state index >= 15 is 0 Å². The number of benzene rings is 1. The molecule has 0 aliphatic carbocycles. The fourth-order valence-electron chi connectivity index (χ4n) is 1.78. The molecule has 0 amide bonds. The predicted molar refractivity (Wildman–Crippen MR) is 65.1 cm³/mol. The van der Waals surface area contributed by atoms with Crippen LogP contribution in [0.1, 0.15) is 5.56 Å². The van der Waals surface area contributed by atoms with Crippen molar-refractivity contribution >= 4 is 27.5 Å². The molecule has 0 unspecified atom stereocenters. The summed E-state index contributed by atoms with van der Waals surface area (Å²) >= 11 is 5.87. The second kappa shape index (κ2) is 3.91. The van der Waals surface area contributed by atoms with Crippen molar-refractivity contribution < 1.29 is 8.42 Å². The number of halogens is 1. The molecule has 1 aromatic carbocycles. The Kier molecular flexibility index (Phi) is 2.86. The minimum absolute atomic E-state index is 0.482. The summed E-state index contributed by atoms with van der Waals surface area (Å²) in [5.41, 5.74) is 1.72. The topological polar surface area (TPSA) is 40.6 Å². The number of nitrogens with zero attached hydrogens (tertiary/aromatic N) is 2. The van der Waals surface area contributed by atoms with Gasteiger partial charge in [0.15, 0.2) is 0 Å². The van der Waals surface area contributed by atoms with Crippen molar-refractivity contribution in [3.8, 4) is 0 Å². The van der Waals surface area contributed by atoms with Gasteiger partial charge in [-0.2, -0.15) is 12.7 Å². The molecule has 1 aliphatic heterocycles. The van der Waals surface area contributed by atoms with E-state index in [0.717, 1.165) is 11.3 Å². The second-order valence-electron chi connectivity index (χ2n) is 3.89. The molecule has 1 aromatic rings. The fourth-order valence-corrected chi connectivity index (χ4v) is 3.11. The lowest BCUT2D eigenvalue weighted by atomic mass is 10.2. The molecule has 1 heterocycles. The molecule has 0 spiro atoms. The standard InChI is InChI=1S/C10H13ClN2O2S/c1-12(2)16(14,15)13-6-5-8-7-9(11)3-4-10(8)13/h3-4,7H,5-6H2,1-2H3. The number of hydrogen-bond acceptors (Lipinski definition) is 2. The summed E-state index contributed by atoms with van der Waals surface area (Å²) in [5, 5.41) is 0.642. The van der Waals surface area contributed by atoms with Gasteiger partial charge < -0.3 is 0 Å². The van der Waals surface area contributed by atoms with Gasteiger partial charge in [-0.05, 0) is 30.2 Å². The molecule has 0 atom stereocenters. The Balaban J connectivity index is 2.46. The van der Waals surface area contributed by atoms with E-state index in [9.17, 15) is 8.42 Å². The maximum Gasteiger partial charge on any atom is 0.303 e. The molecule has 0 N–H and O–H groups in total. The largest absolute Gasteiger partial charge is 0.303 e. The highest BCUT2D eigenvalue weighted by Crippen LogP contribution is 2.32. The van der Waals surface area contributed by atoms with Crippen molar-refractivity contribution in [3.05, 3.63) is 28.8 Å². The molecule has 0 bridgehead atoms. The van der Waals surface area contributed by atoms with E-state index in [1.807, 2.05) is 6.07 Å². The monoisotopic (exact) mass is 260 g/mol. The minimum Gasteiger partial charge on any atom is -0.257 e. The van der Waals surface area contributed by atoms with Crippen LogP contribution in [-0.4, -0.2) is 33.4 Å². The van der Waals surface area contributed by atoms with Gasteiger partial charge in [-0.1, -0.05) is 11.6 Å². The van der Waals surface area contributed by atoms with Crippen LogP contribution in [0.25, 0.3) is 0 Å².